The summed E-state index contributed by atoms with van der Waals surface area (Å²) in [5.74, 6) is 0.682. The molecule has 0 saturated heterocycles. The summed E-state index contributed by atoms with van der Waals surface area (Å²) in [6, 6.07) is 14.8. The van der Waals surface area contributed by atoms with E-state index in [1.54, 1.807) is 18.2 Å². The lowest BCUT2D eigenvalue weighted by molar-refractivity contribution is 0.304. The monoisotopic (exact) mass is 313 g/mol. The lowest BCUT2D eigenvalue weighted by Gasteiger charge is -2.10. The number of oxime groups is 1. The number of aromatic hydroxyl groups is 1. The van der Waals surface area contributed by atoms with Crippen LogP contribution in [-0.2, 0) is 6.42 Å². The molecule has 2 N–H and O–H groups in total. The largest absolute Gasteiger partial charge is 0.507 e. The van der Waals surface area contributed by atoms with Crippen LogP contribution in [0.1, 0.15) is 37.3 Å². The van der Waals surface area contributed by atoms with Crippen LogP contribution in [-0.4, -0.2) is 22.6 Å². The number of phenolic OH excluding ortho intramolecular Hbond substituents is 1. The van der Waals surface area contributed by atoms with Gasteiger partial charge >= 0.3 is 0 Å². The summed E-state index contributed by atoms with van der Waals surface area (Å²) in [5.41, 5.74) is 1.95. The Morgan fingerprint density at radius 2 is 1.87 bits per heavy atom. The van der Waals surface area contributed by atoms with E-state index < -0.39 is 0 Å². The van der Waals surface area contributed by atoms with Crippen LogP contribution >= 0.6 is 0 Å². The van der Waals surface area contributed by atoms with Gasteiger partial charge in [0.2, 0.25) is 0 Å². The molecule has 0 aliphatic heterocycles. The molecule has 4 heteroatoms. The third-order valence-corrected chi connectivity index (χ3v) is 3.63. The molecule has 2 rings (SSSR count). The Kier molecular flexibility index (Phi) is 6.48. The summed E-state index contributed by atoms with van der Waals surface area (Å²) in [6.45, 7) is 2.78. The van der Waals surface area contributed by atoms with E-state index in [2.05, 4.69) is 12.1 Å². The molecule has 2 aromatic rings. The number of unbranched alkanes of at least 4 members (excludes halogenated alkanes) is 2. The van der Waals surface area contributed by atoms with Crippen molar-refractivity contribution in [1.29, 1.82) is 0 Å². The molecule has 0 atom stereocenters. The highest BCUT2D eigenvalue weighted by atomic mass is 16.5. The van der Waals surface area contributed by atoms with Crippen LogP contribution in [0.15, 0.2) is 53.7 Å². The molecule has 4 nitrogen and oxygen atoms in total. The van der Waals surface area contributed by atoms with E-state index >= 15 is 0 Å². The van der Waals surface area contributed by atoms with Crippen molar-refractivity contribution in [2.24, 2.45) is 5.16 Å². The molecular formula is C19H23NO3. The van der Waals surface area contributed by atoms with E-state index in [1.165, 1.54) is 0 Å². The van der Waals surface area contributed by atoms with Crippen molar-refractivity contribution < 1.29 is 15.1 Å². The van der Waals surface area contributed by atoms with Gasteiger partial charge in [-0.05, 0) is 24.1 Å². The normalized spacial score (nSPS) is 11.4. The molecule has 0 radical (unpaired) electrons. The number of rotatable bonds is 8. The molecule has 0 unspecified atom stereocenters. The van der Waals surface area contributed by atoms with Gasteiger partial charge in [0.25, 0.3) is 0 Å². The predicted molar refractivity (Wildman–Crippen MR) is 91.6 cm³/mol. The summed E-state index contributed by atoms with van der Waals surface area (Å²) in [7, 11) is 0. The fourth-order valence-corrected chi connectivity index (χ4v) is 2.36. The molecule has 0 heterocycles. The molecular weight excluding hydrogens is 290 g/mol. The van der Waals surface area contributed by atoms with Crippen LogP contribution in [0.25, 0.3) is 0 Å². The van der Waals surface area contributed by atoms with Crippen LogP contribution in [0.5, 0.6) is 11.5 Å². The molecule has 23 heavy (non-hydrogen) atoms. The lowest BCUT2D eigenvalue weighted by Crippen LogP contribution is -2.06. The van der Waals surface area contributed by atoms with Crippen LogP contribution in [0, 0.1) is 0 Å². The summed E-state index contributed by atoms with van der Waals surface area (Å²) in [5, 5.41) is 22.8. The molecule has 0 bridgehead atoms. The number of ether oxygens (including phenoxy) is 1. The van der Waals surface area contributed by atoms with Crippen molar-refractivity contribution in [3.05, 3.63) is 59.7 Å². The summed E-state index contributed by atoms with van der Waals surface area (Å²) in [4.78, 5) is 0. The second kappa shape index (κ2) is 8.83. The van der Waals surface area contributed by atoms with E-state index in [1.807, 2.05) is 30.3 Å². The molecule has 0 aliphatic rings. The Hall–Kier alpha value is -2.49. The van der Waals surface area contributed by atoms with E-state index in [0.717, 1.165) is 24.8 Å². The van der Waals surface area contributed by atoms with Crippen molar-refractivity contribution in [2.45, 2.75) is 32.6 Å². The smallest absolute Gasteiger partial charge is 0.128 e. The van der Waals surface area contributed by atoms with Gasteiger partial charge in [0.1, 0.15) is 11.5 Å². The van der Waals surface area contributed by atoms with Gasteiger partial charge in [0.05, 0.1) is 12.3 Å². The maximum absolute atomic E-state index is 10.2. The third kappa shape index (κ3) is 5.02. The molecule has 2 aromatic carbocycles. The standard InChI is InChI=1S/C19H23NO3/c1-2-3-7-12-23-16-10-11-17(19(21)14-16)18(20-22)13-15-8-5-4-6-9-15/h4-6,8-11,14,21-22H,2-3,7,12-13H2,1H3/b20-18+. The van der Waals surface area contributed by atoms with Gasteiger partial charge in [0, 0.05) is 18.1 Å². The van der Waals surface area contributed by atoms with Crippen molar-refractivity contribution in [2.75, 3.05) is 6.61 Å². The van der Waals surface area contributed by atoms with E-state index in [4.69, 9.17) is 4.74 Å². The Bertz CT molecular complexity index is 638. The average Bonchev–Trinajstić information content (AvgIpc) is 2.58. The summed E-state index contributed by atoms with van der Waals surface area (Å²) in [6.07, 6.45) is 3.71. The van der Waals surface area contributed by atoms with Crippen molar-refractivity contribution in [1.82, 2.24) is 0 Å². The highest BCUT2D eigenvalue weighted by molar-refractivity contribution is 6.03. The molecule has 0 aliphatic carbocycles. The van der Waals surface area contributed by atoms with Gasteiger partial charge in [-0.3, -0.25) is 0 Å². The first kappa shape index (κ1) is 16.9. The van der Waals surface area contributed by atoms with E-state index in [0.29, 0.717) is 30.1 Å². The number of benzene rings is 2. The predicted octanol–water partition coefficient (Wildman–Crippen LogP) is 4.38. The van der Waals surface area contributed by atoms with Crippen LogP contribution in [0.4, 0.5) is 0 Å². The van der Waals surface area contributed by atoms with Crippen LogP contribution in [0.2, 0.25) is 0 Å². The Morgan fingerprint density at radius 1 is 1.09 bits per heavy atom. The minimum Gasteiger partial charge on any atom is -0.507 e. The quantitative estimate of drug-likeness (QED) is 0.329. The summed E-state index contributed by atoms with van der Waals surface area (Å²) < 4.78 is 5.61. The first-order valence-corrected chi connectivity index (χ1v) is 7.95. The van der Waals surface area contributed by atoms with Gasteiger partial charge in [-0.25, -0.2) is 0 Å². The van der Waals surface area contributed by atoms with Gasteiger partial charge < -0.3 is 15.1 Å². The second-order valence-corrected chi connectivity index (χ2v) is 5.44. The molecule has 122 valence electrons. The lowest BCUT2D eigenvalue weighted by atomic mass is 10.0. The van der Waals surface area contributed by atoms with Crippen LogP contribution in [0.3, 0.4) is 0 Å². The number of hydrogen-bond donors (Lipinski definition) is 2. The molecule has 0 aromatic heterocycles. The Morgan fingerprint density at radius 3 is 2.52 bits per heavy atom. The first-order valence-electron chi connectivity index (χ1n) is 7.95. The van der Waals surface area contributed by atoms with Crippen molar-refractivity contribution in [3.63, 3.8) is 0 Å². The van der Waals surface area contributed by atoms with Gasteiger partial charge in [-0.2, -0.15) is 0 Å². The molecule has 0 saturated carbocycles. The third-order valence-electron chi connectivity index (χ3n) is 3.63. The maximum Gasteiger partial charge on any atom is 0.128 e. The van der Waals surface area contributed by atoms with Gasteiger partial charge in [0.15, 0.2) is 0 Å². The minimum absolute atomic E-state index is 0.0572. The zero-order chi connectivity index (χ0) is 16.5. The first-order chi connectivity index (χ1) is 11.2. The molecule has 0 fully saturated rings. The number of phenols is 1. The van der Waals surface area contributed by atoms with Crippen molar-refractivity contribution in [3.8, 4) is 11.5 Å². The number of nitrogens with zero attached hydrogens (tertiary/aromatic N) is 1. The minimum atomic E-state index is 0.0572. The Labute approximate surface area is 137 Å². The molecule has 0 spiro atoms. The zero-order valence-electron chi connectivity index (χ0n) is 13.4. The zero-order valence-corrected chi connectivity index (χ0v) is 13.4. The van der Waals surface area contributed by atoms with Crippen LogP contribution < -0.4 is 4.74 Å². The maximum atomic E-state index is 10.2. The average molecular weight is 313 g/mol. The van der Waals surface area contributed by atoms with E-state index in [-0.39, 0.29) is 5.75 Å². The molecule has 0 amide bonds. The van der Waals surface area contributed by atoms with E-state index in [9.17, 15) is 10.3 Å². The Balaban J connectivity index is 2.06. The fraction of sp³-hybridized carbons (Fsp3) is 0.316. The number of hydrogen-bond acceptors (Lipinski definition) is 4. The second-order valence-electron chi connectivity index (χ2n) is 5.44. The SMILES string of the molecule is CCCCCOc1ccc(/C(Cc2ccccc2)=N/O)c(O)c1. The summed E-state index contributed by atoms with van der Waals surface area (Å²) >= 11 is 0. The topological polar surface area (TPSA) is 62.0 Å². The van der Waals surface area contributed by atoms with Gasteiger partial charge in [-0.1, -0.05) is 55.3 Å². The fourth-order valence-electron chi connectivity index (χ4n) is 2.36. The highest BCUT2D eigenvalue weighted by Crippen LogP contribution is 2.25. The highest BCUT2D eigenvalue weighted by Gasteiger charge is 2.12. The van der Waals surface area contributed by atoms with Crippen molar-refractivity contribution >= 4 is 5.71 Å². The van der Waals surface area contributed by atoms with Gasteiger partial charge in [-0.15, -0.1) is 0 Å².